The van der Waals surface area contributed by atoms with Gasteiger partial charge in [0.2, 0.25) is 0 Å². The van der Waals surface area contributed by atoms with Gasteiger partial charge in [-0.1, -0.05) is 30.3 Å². The Balaban J connectivity index is 2.14. The maximum Gasteiger partial charge on any atom is 0.137 e. The number of halogens is 2. The van der Waals surface area contributed by atoms with Crippen LogP contribution in [0.15, 0.2) is 46.9 Å². The van der Waals surface area contributed by atoms with Crippen LogP contribution in [0.4, 0.5) is 4.39 Å². The SMILES string of the molecule is NCc1ccccc1OCc1cccc(F)c1Br. The van der Waals surface area contributed by atoms with Crippen LogP contribution in [0.5, 0.6) is 5.75 Å². The number of nitrogens with two attached hydrogens (primary N) is 1. The largest absolute Gasteiger partial charge is 0.489 e. The van der Waals surface area contributed by atoms with E-state index >= 15 is 0 Å². The van der Waals surface area contributed by atoms with Gasteiger partial charge in [0.1, 0.15) is 18.2 Å². The highest BCUT2D eigenvalue weighted by molar-refractivity contribution is 9.10. The van der Waals surface area contributed by atoms with Gasteiger partial charge in [-0.05, 0) is 28.1 Å². The van der Waals surface area contributed by atoms with Crippen LogP contribution >= 0.6 is 15.9 Å². The van der Waals surface area contributed by atoms with Gasteiger partial charge in [0.25, 0.3) is 0 Å². The number of ether oxygens (including phenoxy) is 1. The lowest BCUT2D eigenvalue weighted by molar-refractivity contribution is 0.301. The molecule has 0 radical (unpaired) electrons. The van der Waals surface area contributed by atoms with Crippen LogP contribution in [-0.4, -0.2) is 0 Å². The number of rotatable bonds is 4. The van der Waals surface area contributed by atoms with Crippen molar-refractivity contribution in [1.29, 1.82) is 0 Å². The van der Waals surface area contributed by atoms with Crippen molar-refractivity contribution in [3.63, 3.8) is 0 Å². The van der Waals surface area contributed by atoms with Gasteiger partial charge in [-0.2, -0.15) is 0 Å². The molecule has 4 heteroatoms. The van der Waals surface area contributed by atoms with E-state index < -0.39 is 0 Å². The third-order valence-corrected chi connectivity index (χ3v) is 3.50. The molecule has 94 valence electrons. The Morgan fingerprint density at radius 1 is 1.06 bits per heavy atom. The van der Waals surface area contributed by atoms with E-state index in [-0.39, 0.29) is 5.82 Å². The second-order valence-electron chi connectivity index (χ2n) is 3.81. The summed E-state index contributed by atoms with van der Waals surface area (Å²) in [6, 6.07) is 12.4. The van der Waals surface area contributed by atoms with Gasteiger partial charge in [-0.3, -0.25) is 0 Å². The second kappa shape index (κ2) is 5.98. The summed E-state index contributed by atoms with van der Waals surface area (Å²) < 4.78 is 19.4. The fourth-order valence-electron chi connectivity index (χ4n) is 1.63. The molecule has 0 unspecified atom stereocenters. The molecule has 0 saturated heterocycles. The summed E-state index contributed by atoms with van der Waals surface area (Å²) in [5, 5.41) is 0. The fraction of sp³-hybridized carbons (Fsp3) is 0.143. The first-order valence-electron chi connectivity index (χ1n) is 5.56. The van der Waals surface area contributed by atoms with Gasteiger partial charge in [0.05, 0.1) is 4.47 Å². The van der Waals surface area contributed by atoms with E-state index in [1.165, 1.54) is 6.07 Å². The lowest BCUT2D eigenvalue weighted by Crippen LogP contribution is -2.03. The van der Waals surface area contributed by atoms with Gasteiger partial charge in [0, 0.05) is 17.7 Å². The molecule has 0 aliphatic heterocycles. The molecule has 0 amide bonds. The zero-order chi connectivity index (χ0) is 13.0. The number of hydrogen-bond donors (Lipinski definition) is 1. The predicted molar refractivity (Wildman–Crippen MR) is 72.8 cm³/mol. The van der Waals surface area contributed by atoms with Crippen LogP contribution in [0.25, 0.3) is 0 Å². The third-order valence-electron chi connectivity index (χ3n) is 2.61. The van der Waals surface area contributed by atoms with E-state index in [4.69, 9.17) is 10.5 Å². The first-order chi connectivity index (χ1) is 8.72. The normalized spacial score (nSPS) is 10.4. The summed E-state index contributed by atoms with van der Waals surface area (Å²) in [6.07, 6.45) is 0. The zero-order valence-electron chi connectivity index (χ0n) is 9.70. The van der Waals surface area contributed by atoms with Gasteiger partial charge >= 0.3 is 0 Å². The average molecular weight is 310 g/mol. The summed E-state index contributed by atoms with van der Waals surface area (Å²) in [7, 11) is 0. The first-order valence-corrected chi connectivity index (χ1v) is 6.35. The standard InChI is InChI=1S/C14H13BrFNO/c15-14-11(5-3-6-12(14)16)9-18-13-7-2-1-4-10(13)8-17/h1-7H,8-9,17H2. The van der Waals surface area contributed by atoms with Crippen molar-refractivity contribution in [2.45, 2.75) is 13.2 Å². The predicted octanol–water partition coefficient (Wildman–Crippen LogP) is 3.63. The zero-order valence-corrected chi connectivity index (χ0v) is 11.3. The Morgan fingerprint density at radius 2 is 1.78 bits per heavy atom. The molecule has 2 N–H and O–H groups in total. The molecular weight excluding hydrogens is 297 g/mol. The summed E-state index contributed by atoms with van der Waals surface area (Å²) >= 11 is 3.21. The highest BCUT2D eigenvalue weighted by atomic mass is 79.9. The van der Waals surface area contributed by atoms with Gasteiger partial charge in [0.15, 0.2) is 0 Å². The van der Waals surface area contributed by atoms with Crippen LogP contribution in [0.2, 0.25) is 0 Å². The molecule has 2 rings (SSSR count). The molecule has 0 aromatic heterocycles. The second-order valence-corrected chi connectivity index (χ2v) is 4.61. The molecule has 0 spiro atoms. The molecule has 0 fully saturated rings. The monoisotopic (exact) mass is 309 g/mol. The quantitative estimate of drug-likeness (QED) is 0.936. The van der Waals surface area contributed by atoms with E-state index in [1.54, 1.807) is 6.07 Å². The van der Waals surface area contributed by atoms with Crippen molar-refractivity contribution in [3.8, 4) is 5.75 Å². The lowest BCUT2D eigenvalue weighted by atomic mass is 10.2. The Bertz CT molecular complexity index is 545. The number of para-hydroxylation sites is 1. The summed E-state index contributed by atoms with van der Waals surface area (Å²) in [5.41, 5.74) is 7.33. The first kappa shape index (κ1) is 13.1. The maximum absolute atomic E-state index is 13.3. The Hall–Kier alpha value is -1.39. The average Bonchev–Trinajstić information content (AvgIpc) is 2.41. The highest BCUT2D eigenvalue weighted by Crippen LogP contribution is 2.23. The van der Waals surface area contributed by atoms with E-state index in [9.17, 15) is 4.39 Å². The lowest BCUT2D eigenvalue weighted by Gasteiger charge is -2.11. The van der Waals surface area contributed by atoms with E-state index in [1.807, 2.05) is 30.3 Å². The molecule has 0 aliphatic rings. The summed E-state index contributed by atoms with van der Waals surface area (Å²) in [4.78, 5) is 0. The Morgan fingerprint density at radius 3 is 2.56 bits per heavy atom. The van der Waals surface area contributed by atoms with E-state index in [0.29, 0.717) is 17.6 Å². The molecule has 2 aromatic carbocycles. The number of hydrogen-bond acceptors (Lipinski definition) is 2. The molecular formula is C14H13BrFNO. The van der Waals surface area contributed by atoms with Gasteiger partial charge in [-0.25, -0.2) is 4.39 Å². The topological polar surface area (TPSA) is 35.2 Å². The van der Waals surface area contributed by atoms with E-state index in [0.717, 1.165) is 16.9 Å². The molecule has 0 saturated carbocycles. The van der Waals surface area contributed by atoms with Crippen molar-refractivity contribution in [3.05, 3.63) is 63.9 Å². The van der Waals surface area contributed by atoms with Crippen LogP contribution in [0.3, 0.4) is 0 Å². The van der Waals surface area contributed by atoms with Crippen LogP contribution in [0, 0.1) is 5.82 Å². The molecule has 0 atom stereocenters. The van der Waals surface area contributed by atoms with Crippen molar-refractivity contribution in [1.82, 2.24) is 0 Å². The van der Waals surface area contributed by atoms with Crippen molar-refractivity contribution in [2.24, 2.45) is 5.73 Å². The minimum atomic E-state index is -0.289. The molecule has 18 heavy (non-hydrogen) atoms. The van der Waals surface area contributed by atoms with Gasteiger partial charge in [-0.15, -0.1) is 0 Å². The van der Waals surface area contributed by atoms with Crippen molar-refractivity contribution >= 4 is 15.9 Å². The Kier molecular flexibility index (Phi) is 4.33. The molecule has 0 bridgehead atoms. The van der Waals surface area contributed by atoms with Crippen molar-refractivity contribution in [2.75, 3.05) is 0 Å². The van der Waals surface area contributed by atoms with E-state index in [2.05, 4.69) is 15.9 Å². The minimum Gasteiger partial charge on any atom is -0.489 e. The third kappa shape index (κ3) is 2.89. The molecule has 2 aromatic rings. The van der Waals surface area contributed by atoms with Crippen molar-refractivity contribution < 1.29 is 9.13 Å². The van der Waals surface area contributed by atoms with Crippen LogP contribution in [0.1, 0.15) is 11.1 Å². The fourth-order valence-corrected chi connectivity index (χ4v) is 2.01. The summed E-state index contributed by atoms with van der Waals surface area (Å²) in [5.74, 6) is 0.444. The molecule has 0 heterocycles. The smallest absolute Gasteiger partial charge is 0.137 e. The minimum absolute atomic E-state index is 0.289. The van der Waals surface area contributed by atoms with Crippen LogP contribution < -0.4 is 10.5 Å². The highest BCUT2D eigenvalue weighted by Gasteiger charge is 2.07. The molecule has 2 nitrogen and oxygen atoms in total. The van der Waals surface area contributed by atoms with Gasteiger partial charge < -0.3 is 10.5 Å². The maximum atomic E-state index is 13.3. The Labute approximate surface area is 114 Å². The van der Waals surface area contributed by atoms with Crippen LogP contribution in [-0.2, 0) is 13.2 Å². The molecule has 0 aliphatic carbocycles. The summed E-state index contributed by atoms with van der Waals surface area (Å²) in [6.45, 7) is 0.718. The number of benzene rings is 2.